The fraction of sp³-hybridized carbons (Fsp3) is 0.750. The number of rotatable bonds is 1. The third-order valence-corrected chi connectivity index (χ3v) is 2.81. The van der Waals surface area contributed by atoms with Gasteiger partial charge in [0, 0.05) is 0 Å². The van der Waals surface area contributed by atoms with E-state index in [0.717, 1.165) is 12.8 Å². The van der Waals surface area contributed by atoms with E-state index in [1.165, 1.54) is 11.1 Å². The van der Waals surface area contributed by atoms with Crippen LogP contribution in [0.3, 0.4) is 0 Å². The summed E-state index contributed by atoms with van der Waals surface area (Å²) in [6.45, 7) is 16.6. The number of hydrogen-bond donors (Lipinski definition) is 1. The molecule has 0 aliphatic heterocycles. The molecule has 0 spiro atoms. The maximum Gasteiger partial charge on any atom is 0.0585 e. The summed E-state index contributed by atoms with van der Waals surface area (Å²) >= 11 is 0. The first kappa shape index (κ1) is 18.8. The van der Waals surface area contributed by atoms with Crippen molar-refractivity contribution in [2.24, 2.45) is 5.41 Å². The molecule has 0 aromatic rings. The van der Waals surface area contributed by atoms with E-state index < -0.39 is 0 Å². The van der Waals surface area contributed by atoms with Crippen molar-refractivity contribution in [1.29, 1.82) is 0 Å². The number of allylic oxidation sites excluding steroid dienone is 3. The van der Waals surface area contributed by atoms with Gasteiger partial charge < -0.3 is 5.11 Å². The van der Waals surface area contributed by atoms with E-state index in [-0.39, 0.29) is 11.5 Å². The molecule has 0 saturated heterocycles. The monoisotopic (exact) mass is 240 g/mol. The van der Waals surface area contributed by atoms with E-state index in [9.17, 15) is 5.11 Å². The van der Waals surface area contributed by atoms with Crippen LogP contribution in [0.15, 0.2) is 23.3 Å². The molecule has 1 rings (SSSR count). The highest BCUT2D eigenvalue weighted by Crippen LogP contribution is 2.40. The molecule has 0 bridgehead atoms. The van der Waals surface area contributed by atoms with E-state index in [1.807, 2.05) is 34.6 Å². The van der Waals surface area contributed by atoms with Gasteiger partial charge >= 0.3 is 0 Å². The summed E-state index contributed by atoms with van der Waals surface area (Å²) in [4.78, 5) is 0. The number of aliphatic hydroxyl groups is 1. The Morgan fingerprint density at radius 3 is 2.00 bits per heavy atom. The molecular formula is C16H32O. The van der Waals surface area contributed by atoms with Crippen LogP contribution in [0, 0.1) is 5.41 Å². The minimum Gasteiger partial charge on any atom is -0.393 e. The third kappa shape index (κ3) is 6.07. The summed E-state index contributed by atoms with van der Waals surface area (Å²) in [5.74, 6) is 0. The molecule has 0 fully saturated rings. The van der Waals surface area contributed by atoms with E-state index in [2.05, 4.69) is 32.9 Å². The molecular weight excluding hydrogens is 208 g/mol. The van der Waals surface area contributed by atoms with Gasteiger partial charge in [-0.3, -0.25) is 0 Å². The predicted molar refractivity (Wildman–Crippen MR) is 79.2 cm³/mol. The Labute approximate surface area is 109 Å². The Morgan fingerprint density at radius 1 is 1.18 bits per heavy atom. The van der Waals surface area contributed by atoms with Gasteiger partial charge in [-0.15, -0.1) is 0 Å². The zero-order chi connectivity index (χ0) is 14.1. The molecule has 0 amide bonds. The topological polar surface area (TPSA) is 20.2 Å². The van der Waals surface area contributed by atoms with E-state index in [1.54, 1.807) is 0 Å². The fourth-order valence-electron chi connectivity index (χ4n) is 2.35. The standard InChI is InChI=1S/C12H20O.2C2H6/c1-5-6-11-9(2)7-10(13)8-12(11,3)4;2*1-2/h5-6,10,13H,7-8H2,1-4H3;2*1-2H3/b6-5+;;. The van der Waals surface area contributed by atoms with Gasteiger partial charge in [0.25, 0.3) is 0 Å². The van der Waals surface area contributed by atoms with Crippen molar-refractivity contribution in [1.82, 2.24) is 0 Å². The Morgan fingerprint density at radius 2 is 1.65 bits per heavy atom. The van der Waals surface area contributed by atoms with Gasteiger partial charge in [0.2, 0.25) is 0 Å². The average Bonchev–Trinajstić information content (AvgIpc) is 2.28. The fourth-order valence-corrected chi connectivity index (χ4v) is 2.35. The highest BCUT2D eigenvalue weighted by molar-refractivity contribution is 5.33. The van der Waals surface area contributed by atoms with Gasteiger partial charge in [0.1, 0.15) is 0 Å². The van der Waals surface area contributed by atoms with Crippen LogP contribution in [-0.4, -0.2) is 11.2 Å². The first-order valence-electron chi connectivity index (χ1n) is 6.98. The Kier molecular flexibility index (Phi) is 10.5. The molecule has 102 valence electrons. The maximum atomic E-state index is 9.64. The second-order valence-electron chi connectivity index (χ2n) is 4.64. The van der Waals surface area contributed by atoms with Crippen LogP contribution >= 0.6 is 0 Å². The van der Waals surface area contributed by atoms with E-state index in [0.29, 0.717) is 0 Å². The maximum absolute atomic E-state index is 9.64. The highest BCUT2D eigenvalue weighted by Gasteiger charge is 2.31. The molecule has 17 heavy (non-hydrogen) atoms. The molecule has 0 saturated carbocycles. The Bertz CT molecular complexity index is 246. The average molecular weight is 240 g/mol. The van der Waals surface area contributed by atoms with Crippen molar-refractivity contribution >= 4 is 0 Å². The molecule has 0 radical (unpaired) electrons. The van der Waals surface area contributed by atoms with Crippen molar-refractivity contribution < 1.29 is 5.11 Å². The quantitative estimate of drug-likeness (QED) is 0.675. The van der Waals surface area contributed by atoms with Crippen LogP contribution in [0.2, 0.25) is 0 Å². The van der Waals surface area contributed by atoms with Gasteiger partial charge in [-0.2, -0.15) is 0 Å². The molecule has 1 aliphatic carbocycles. The summed E-state index contributed by atoms with van der Waals surface area (Å²) in [7, 11) is 0. The van der Waals surface area contributed by atoms with Crippen LogP contribution in [-0.2, 0) is 0 Å². The van der Waals surface area contributed by atoms with Crippen molar-refractivity contribution in [3.63, 3.8) is 0 Å². The zero-order valence-corrected chi connectivity index (χ0v) is 13.1. The minimum atomic E-state index is -0.149. The lowest BCUT2D eigenvalue weighted by atomic mass is 9.71. The summed E-state index contributed by atoms with van der Waals surface area (Å²) in [6, 6.07) is 0. The lowest BCUT2D eigenvalue weighted by Gasteiger charge is -2.35. The SMILES string of the molecule is C/C=C/C1=C(C)CC(O)CC1(C)C.CC.CC. The van der Waals surface area contributed by atoms with Gasteiger partial charge in [-0.1, -0.05) is 59.3 Å². The van der Waals surface area contributed by atoms with Gasteiger partial charge in [-0.25, -0.2) is 0 Å². The largest absolute Gasteiger partial charge is 0.393 e. The normalized spacial score (nSPS) is 22.5. The molecule has 1 N–H and O–H groups in total. The molecule has 0 aromatic heterocycles. The molecule has 1 aliphatic rings. The number of aliphatic hydroxyl groups excluding tert-OH is 1. The van der Waals surface area contributed by atoms with Crippen molar-refractivity contribution in [2.75, 3.05) is 0 Å². The van der Waals surface area contributed by atoms with Crippen molar-refractivity contribution in [3.05, 3.63) is 23.3 Å². The summed E-state index contributed by atoms with van der Waals surface area (Å²) in [5.41, 5.74) is 2.87. The zero-order valence-electron chi connectivity index (χ0n) is 13.1. The van der Waals surface area contributed by atoms with E-state index >= 15 is 0 Å². The molecule has 1 heteroatoms. The van der Waals surface area contributed by atoms with Crippen LogP contribution in [0.1, 0.15) is 68.2 Å². The molecule has 1 atom stereocenters. The minimum absolute atomic E-state index is 0.133. The van der Waals surface area contributed by atoms with Crippen molar-refractivity contribution in [2.45, 2.75) is 74.3 Å². The van der Waals surface area contributed by atoms with Crippen LogP contribution in [0.4, 0.5) is 0 Å². The number of hydrogen-bond acceptors (Lipinski definition) is 1. The third-order valence-electron chi connectivity index (χ3n) is 2.81. The lowest BCUT2D eigenvalue weighted by molar-refractivity contribution is 0.116. The second kappa shape index (κ2) is 9.47. The second-order valence-corrected chi connectivity index (χ2v) is 4.64. The van der Waals surface area contributed by atoms with Crippen LogP contribution in [0.25, 0.3) is 0 Å². The first-order valence-corrected chi connectivity index (χ1v) is 6.98. The van der Waals surface area contributed by atoms with E-state index in [4.69, 9.17) is 0 Å². The Hall–Kier alpha value is -0.560. The van der Waals surface area contributed by atoms with Crippen molar-refractivity contribution in [3.8, 4) is 0 Å². The summed E-state index contributed by atoms with van der Waals surface area (Å²) < 4.78 is 0. The highest BCUT2D eigenvalue weighted by atomic mass is 16.3. The molecule has 0 aromatic carbocycles. The van der Waals surface area contributed by atoms with Gasteiger partial charge in [0.05, 0.1) is 6.10 Å². The first-order chi connectivity index (χ1) is 7.97. The Balaban J connectivity index is 0. The van der Waals surface area contributed by atoms with Gasteiger partial charge in [-0.05, 0) is 37.7 Å². The summed E-state index contributed by atoms with van der Waals surface area (Å²) in [6.07, 6.45) is 5.83. The molecule has 1 unspecified atom stereocenters. The molecule has 0 heterocycles. The van der Waals surface area contributed by atoms with Crippen LogP contribution in [0.5, 0.6) is 0 Å². The lowest BCUT2D eigenvalue weighted by Crippen LogP contribution is -2.28. The summed E-state index contributed by atoms with van der Waals surface area (Å²) in [5, 5.41) is 9.64. The molecule has 1 nitrogen and oxygen atoms in total. The predicted octanol–water partition coefficient (Wildman–Crippen LogP) is 5.11. The van der Waals surface area contributed by atoms with Crippen LogP contribution < -0.4 is 0 Å². The van der Waals surface area contributed by atoms with Gasteiger partial charge in [0.15, 0.2) is 0 Å². The smallest absolute Gasteiger partial charge is 0.0585 e.